The quantitative estimate of drug-likeness (QED) is 0.777. The molecule has 0 aliphatic carbocycles. The van der Waals surface area contributed by atoms with Crippen LogP contribution in [0.5, 0.6) is 0 Å². The Morgan fingerprint density at radius 2 is 1.77 bits per heavy atom. The average molecular weight is 352 g/mol. The van der Waals surface area contributed by atoms with E-state index >= 15 is 0 Å². The largest absolute Gasteiger partial charge is 0.327 e. The van der Waals surface area contributed by atoms with E-state index in [4.69, 9.17) is 0 Å². The van der Waals surface area contributed by atoms with Gasteiger partial charge in [0.25, 0.3) is 5.91 Å². The van der Waals surface area contributed by atoms with Gasteiger partial charge in [0, 0.05) is 18.8 Å². The van der Waals surface area contributed by atoms with E-state index in [9.17, 15) is 9.59 Å². The minimum absolute atomic E-state index is 0.0126. The van der Waals surface area contributed by atoms with Crippen LogP contribution in [0.25, 0.3) is 0 Å². The highest BCUT2D eigenvalue weighted by Crippen LogP contribution is 2.41. The molecule has 2 atom stereocenters. The summed E-state index contributed by atoms with van der Waals surface area (Å²) in [5.41, 5.74) is 3.20. The van der Waals surface area contributed by atoms with Gasteiger partial charge in [0.2, 0.25) is 0 Å². The molecule has 3 heterocycles. The van der Waals surface area contributed by atoms with Crippen LogP contribution in [0.3, 0.4) is 0 Å². The Bertz CT molecular complexity index is 830. The molecule has 2 aliphatic heterocycles. The molecular weight excluding hydrogens is 328 g/mol. The second kappa shape index (κ2) is 6.59. The molecule has 1 aromatic heterocycles. The Balaban J connectivity index is 1.43. The lowest BCUT2D eigenvalue weighted by Gasteiger charge is -2.23. The third kappa shape index (κ3) is 2.79. The minimum Gasteiger partial charge on any atom is -0.305 e. The molecule has 26 heavy (non-hydrogen) atoms. The summed E-state index contributed by atoms with van der Waals surface area (Å²) in [6.45, 7) is 5.15. The van der Waals surface area contributed by atoms with Gasteiger partial charge in [0.1, 0.15) is 6.04 Å². The van der Waals surface area contributed by atoms with E-state index in [0.717, 1.165) is 36.2 Å². The summed E-state index contributed by atoms with van der Waals surface area (Å²) in [5, 5.41) is 4.44. The number of aryl methyl sites for hydroxylation is 3. The Kier molecular flexibility index (Phi) is 4.26. The summed E-state index contributed by atoms with van der Waals surface area (Å²) in [7, 11) is 0. The first-order chi connectivity index (χ1) is 12.6. The van der Waals surface area contributed by atoms with Gasteiger partial charge in [-0.1, -0.05) is 30.3 Å². The summed E-state index contributed by atoms with van der Waals surface area (Å²) >= 11 is 0. The van der Waals surface area contributed by atoms with Gasteiger partial charge in [-0.05, 0) is 44.7 Å². The fourth-order valence-electron chi connectivity index (χ4n) is 4.22. The van der Waals surface area contributed by atoms with E-state index in [-0.39, 0.29) is 24.0 Å². The zero-order valence-electron chi connectivity index (χ0n) is 15.3. The highest BCUT2D eigenvalue weighted by molar-refractivity contribution is 6.04. The summed E-state index contributed by atoms with van der Waals surface area (Å²) in [6.07, 6.45) is 2.32. The topological polar surface area (TPSA) is 58.4 Å². The molecule has 3 amide bonds. The van der Waals surface area contributed by atoms with Gasteiger partial charge < -0.3 is 4.90 Å². The van der Waals surface area contributed by atoms with Crippen LogP contribution in [0.15, 0.2) is 36.4 Å². The van der Waals surface area contributed by atoms with Crippen molar-refractivity contribution < 1.29 is 9.59 Å². The molecule has 2 fully saturated rings. The van der Waals surface area contributed by atoms with E-state index in [2.05, 4.69) is 5.10 Å². The predicted octanol–water partition coefficient (Wildman–Crippen LogP) is 3.06. The van der Waals surface area contributed by atoms with E-state index in [1.54, 1.807) is 4.90 Å². The summed E-state index contributed by atoms with van der Waals surface area (Å²) in [6, 6.07) is 11.6. The first-order valence-electron chi connectivity index (χ1n) is 9.26. The fraction of sp³-hybridized carbons (Fsp3) is 0.450. The second-order valence-electron chi connectivity index (χ2n) is 7.20. The third-order valence-electron chi connectivity index (χ3n) is 5.43. The number of aromatic nitrogens is 2. The van der Waals surface area contributed by atoms with Gasteiger partial charge in [-0.25, -0.2) is 4.79 Å². The van der Waals surface area contributed by atoms with Crippen molar-refractivity contribution in [2.24, 2.45) is 0 Å². The van der Waals surface area contributed by atoms with Crippen LogP contribution >= 0.6 is 0 Å². The number of rotatable bonds is 5. The van der Waals surface area contributed by atoms with Crippen molar-refractivity contribution >= 4 is 11.9 Å². The number of urea groups is 1. The van der Waals surface area contributed by atoms with Crippen LogP contribution in [0.4, 0.5) is 4.79 Å². The Morgan fingerprint density at radius 1 is 1.04 bits per heavy atom. The van der Waals surface area contributed by atoms with Crippen molar-refractivity contribution in [3.05, 3.63) is 53.3 Å². The smallest absolute Gasteiger partial charge is 0.305 e. The molecule has 0 N–H and O–H groups in total. The summed E-state index contributed by atoms with van der Waals surface area (Å²) < 4.78 is 1.94. The molecule has 0 bridgehead atoms. The molecule has 6 heteroatoms. The molecule has 0 unspecified atom stereocenters. The normalized spacial score (nSPS) is 22.4. The monoisotopic (exact) mass is 352 g/mol. The molecule has 1 aromatic carbocycles. The maximum Gasteiger partial charge on any atom is 0.327 e. The Morgan fingerprint density at radius 3 is 2.46 bits per heavy atom. The van der Waals surface area contributed by atoms with E-state index in [1.807, 2.05) is 54.9 Å². The SMILES string of the molecule is Cc1cc(C)n(CCCN2C(=O)[C@@H]3CC[C@@H](c4ccccc4)N3C2=O)n1. The van der Waals surface area contributed by atoms with Gasteiger partial charge in [0.05, 0.1) is 11.7 Å². The van der Waals surface area contributed by atoms with Crippen molar-refractivity contribution in [2.45, 2.75) is 51.7 Å². The van der Waals surface area contributed by atoms with Crippen molar-refractivity contribution in [3.8, 4) is 0 Å². The number of carbonyl (C=O) groups excluding carboxylic acids is 2. The molecule has 2 saturated heterocycles. The average Bonchev–Trinajstić information content (AvgIpc) is 3.27. The lowest BCUT2D eigenvalue weighted by molar-refractivity contribution is -0.128. The number of benzene rings is 1. The summed E-state index contributed by atoms with van der Waals surface area (Å²) in [4.78, 5) is 28.9. The van der Waals surface area contributed by atoms with Gasteiger partial charge in [-0.3, -0.25) is 14.4 Å². The highest BCUT2D eigenvalue weighted by atomic mass is 16.2. The number of fused-ring (bicyclic) bond motifs is 1. The van der Waals surface area contributed by atoms with E-state index in [1.165, 1.54) is 4.90 Å². The van der Waals surface area contributed by atoms with Gasteiger partial charge in [-0.2, -0.15) is 5.10 Å². The predicted molar refractivity (Wildman–Crippen MR) is 97.5 cm³/mol. The highest BCUT2D eigenvalue weighted by Gasteiger charge is 2.51. The van der Waals surface area contributed by atoms with Crippen LogP contribution < -0.4 is 0 Å². The standard InChI is InChI=1S/C20H24N4O2/c1-14-13-15(2)23(21-14)12-6-11-22-19(25)18-10-9-17(24(18)20(22)26)16-7-4-3-5-8-16/h3-5,7-8,13,17-18H,6,9-12H2,1-2H3/t17-,18-/m0/s1. The zero-order valence-corrected chi connectivity index (χ0v) is 15.3. The number of carbonyl (C=O) groups is 2. The molecule has 0 radical (unpaired) electrons. The van der Waals surface area contributed by atoms with Crippen molar-refractivity contribution in [3.63, 3.8) is 0 Å². The Labute approximate surface area is 153 Å². The van der Waals surface area contributed by atoms with Gasteiger partial charge in [-0.15, -0.1) is 0 Å². The second-order valence-corrected chi connectivity index (χ2v) is 7.20. The first kappa shape index (κ1) is 16.8. The zero-order chi connectivity index (χ0) is 18.3. The van der Waals surface area contributed by atoms with Crippen molar-refractivity contribution in [1.29, 1.82) is 0 Å². The molecule has 136 valence electrons. The van der Waals surface area contributed by atoms with E-state index in [0.29, 0.717) is 13.1 Å². The summed E-state index contributed by atoms with van der Waals surface area (Å²) in [5.74, 6) is -0.0400. The Hall–Kier alpha value is -2.63. The molecule has 0 spiro atoms. The van der Waals surface area contributed by atoms with E-state index < -0.39 is 0 Å². The maximum atomic E-state index is 12.9. The van der Waals surface area contributed by atoms with Crippen LogP contribution in [0.1, 0.15) is 42.3 Å². The minimum atomic E-state index is -0.290. The van der Waals surface area contributed by atoms with Crippen LogP contribution in [-0.4, -0.2) is 44.1 Å². The number of hydrogen-bond donors (Lipinski definition) is 0. The molecular formula is C20H24N4O2. The number of amides is 3. The van der Waals surface area contributed by atoms with Gasteiger partial charge in [0.15, 0.2) is 0 Å². The van der Waals surface area contributed by atoms with Crippen molar-refractivity contribution in [1.82, 2.24) is 19.6 Å². The molecule has 2 aromatic rings. The van der Waals surface area contributed by atoms with Crippen LogP contribution in [0, 0.1) is 13.8 Å². The van der Waals surface area contributed by atoms with Crippen LogP contribution in [0.2, 0.25) is 0 Å². The first-order valence-corrected chi connectivity index (χ1v) is 9.26. The lowest BCUT2D eigenvalue weighted by atomic mass is 10.0. The fourth-order valence-corrected chi connectivity index (χ4v) is 4.22. The molecule has 4 rings (SSSR count). The number of imide groups is 1. The lowest BCUT2D eigenvalue weighted by Crippen LogP contribution is -2.35. The molecule has 0 saturated carbocycles. The van der Waals surface area contributed by atoms with Crippen molar-refractivity contribution in [2.75, 3.05) is 6.54 Å². The molecule has 2 aliphatic rings. The van der Waals surface area contributed by atoms with Crippen LogP contribution in [-0.2, 0) is 11.3 Å². The number of hydrogen-bond acceptors (Lipinski definition) is 3. The maximum absolute atomic E-state index is 12.9. The third-order valence-corrected chi connectivity index (χ3v) is 5.43. The van der Waals surface area contributed by atoms with Gasteiger partial charge >= 0.3 is 6.03 Å². The molecule has 6 nitrogen and oxygen atoms in total. The number of nitrogens with zero attached hydrogens (tertiary/aromatic N) is 4.